The Balaban J connectivity index is 2.22. The first-order valence-electron chi connectivity index (χ1n) is 5.59. The van der Waals surface area contributed by atoms with Crippen LogP contribution in [0.1, 0.15) is 0 Å². The third kappa shape index (κ3) is 1.97. The Morgan fingerprint density at radius 2 is 1.78 bits per heavy atom. The SMILES string of the molecule is Oc1ccc(Br)cc1-c1ccc2ccccc2n1. The molecule has 0 aliphatic heterocycles. The number of fused-ring (bicyclic) bond motifs is 1. The first-order valence-corrected chi connectivity index (χ1v) is 6.38. The van der Waals surface area contributed by atoms with Gasteiger partial charge in [-0.25, -0.2) is 4.98 Å². The average molecular weight is 300 g/mol. The summed E-state index contributed by atoms with van der Waals surface area (Å²) in [6, 6.07) is 17.2. The van der Waals surface area contributed by atoms with E-state index in [1.807, 2.05) is 42.5 Å². The van der Waals surface area contributed by atoms with E-state index < -0.39 is 0 Å². The molecule has 0 aliphatic rings. The van der Waals surface area contributed by atoms with Gasteiger partial charge in [-0.2, -0.15) is 0 Å². The van der Waals surface area contributed by atoms with E-state index in [0.717, 1.165) is 26.6 Å². The van der Waals surface area contributed by atoms with Crippen molar-refractivity contribution in [3.8, 4) is 17.0 Å². The summed E-state index contributed by atoms with van der Waals surface area (Å²) in [7, 11) is 0. The Hall–Kier alpha value is -1.87. The number of benzene rings is 2. The van der Waals surface area contributed by atoms with Crippen LogP contribution in [-0.4, -0.2) is 10.1 Å². The lowest BCUT2D eigenvalue weighted by atomic mass is 10.1. The molecule has 1 N–H and O–H groups in total. The quantitative estimate of drug-likeness (QED) is 0.724. The van der Waals surface area contributed by atoms with Crippen molar-refractivity contribution in [2.24, 2.45) is 0 Å². The molecule has 0 bridgehead atoms. The van der Waals surface area contributed by atoms with Gasteiger partial charge in [0.2, 0.25) is 0 Å². The van der Waals surface area contributed by atoms with Gasteiger partial charge in [0.05, 0.1) is 11.2 Å². The number of aromatic hydroxyl groups is 1. The summed E-state index contributed by atoms with van der Waals surface area (Å²) in [6.45, 7) is 0. The standard InChI is InChI=1S/C15H10BrNO/c16-11-6-8-15(18)12(9-11)14-7-5-10-3-1-2-4-13(10)17-14/h1-9,18H. The minimum atomic E-state index is 0.237. The smallest absolute Gasteiger partial charge is 0.125 e. The maximum absolute atomic E-state index is 9.90. The maximum Gasteiger partial charge on any atom is 0.125 e. The number of rotatable bonds is 1. The van der Waals surface area contributed by atoms with Crippen molar-refractivity contribution in [3.05, 3.63) is 59.1 Å². The van der Waals surface area contributed by atoms with E-state index in [9.17, 15) is 5.11 Å². The number of pyridine rings is 1. The minimum Gasteiger partial charge on any atom is -0.507 e. The molecule has 1 aromatic heterocycles. The van der Waals surface area contributed by atoms with Crippen molar-refractivity contribution in [3.63, 3.8) is 0 Å². The van der Waals surface area contributed by atoms with Crippen molar-refractivity contribution in [2.45, 2.75) is 0 Å². The Morgan fingerprint density at radius 3 is 2.67 bits per heavy atom. The first-order chi connectivity index (χ1) is 8.74. The molecule has 0 amide bonds. The van der Waals surface area contributed by atoms with Crippen LogP contribution in [0.3, 0.4) is 0 Å². The Kier molecular flexibility index (Phi) is 2.76. The highest BCUT2D eigenvalue weighted by atomic mass is 79.9. The molecular weight excluding hydrogens is 290 g/mol. The van der Waals surface area contributed by atoms with Crippen molar-refractivity contribution < 1.29 is 5.11 Å². The summed E-state index contributed by atoms with van der Waals surface area (Å²) in [5.74, 6) is 0.237. The number of phenols is 1. The van der Waals surface area contributed by atoms with E-state index in [-0.39, 0.29) is 5.75 Å². The molecule has 88 valence electrons. The van der Waals surface area contributed by atoms with E-state index in [2.05, 4.69) is 20.9 Å². The summed E-state index contributed by atoms with van der Waals surface area (Å²) in [5.41, 5.74) is 2.43. The Morgan fingerprint density at radius 1 is 0.944 bits per heavy atom. The van der Waals surface area contributed by atoms with Crippen molar-refractivity contribution in [1.29, 1.82) is 0 Å². The monoisotopic (exact) mass is 299 g/mol. The zero-order valence-corrected chi connectivity index (χ0v) is 11.1. The molecule has 0 saturated carbocycles. The number of nitrogens with zero attached hydrogens (tertiary/aromatic N) is 1. The minimum absolute atomic E-state index is 0.237. The molecule has 0 atom stereocenters. The molecule has 0 unspecified atom stereocenters. The van der Waals surface area contributed by atoms with Gasteiger partial charge in [-0.1, -0.05) is 40.2 Å². The van der Waals surface area contributed by atoms with E-state index >= 15 is 0 Å². The van der Waals surface area contributed by atoms with E-state index in [4.69, 9.17) is 0 Å². The zero-order valence-electron chi connectivity index (χ0n) is 9.47. The molecule has 3 rings (SSSR count). The normalized spacial score (nSPS) is 10.7. The predicted molar refractivity (Wildman–Crippen MR) is 76.5 cm³/mol. The lowest BCUT2D eigenvalue weighted by Crippen LogP contribution is -1.86. The molecule has 3 aromatic rings. The summed E-state index contributed by atoms with van der Waals surface area (Å²) >= 11 is 3.40. The van der Waals surface area contributed by atoms with Crippen LogP contribution in [0, 0.1) is 0 Å². The molecule has 0 radical (unpaired) electrons. The molecular formula is C15H10BrNO. The van der Waals surface area contributed by atoms with Gasteiger partial charge in [0.25, 0.3) is 0 Å². The maximum atomic E-state index is 9.90. The summed E-state index contributed by atoms with van der Waals surface area (Å²) < 4.78 is 0.922. The van der Waals surface area contributed by atoms with Crippen molar-refractivity contribution in [1.82, 2.24) is 4.98 Å². The molecule has 0 saturated heterocycles. The van der Waals surface area contributed by atoms with Crippen LogP contribution in [0.15, 0.2) is 59.1 Å². The van der Waals surface area contributed by atoms with Crippen LogP contribution in [-0.2, 0) is 0 Å². The van der Waals surface area contributed by atoms with Gasteiger partial charge in [-0.05, 0) is 30.3 Å². The first kappa shape index (κ1) is 11.2. The number of aromatic nitrogens is 1. The summed E-state index contributed by atoms with van der Waals surface area (Å²) in [6.07, 6.45) is 0. The number of hydrogen-bond acceptors (Lipinski definition) is 2. The van der Waals surface area contributed by atoms with E-state index in [1.165, 1.54) is 0 Å². The number of hydrogen-bond donors (Lipinski definition) is 1. The van der Waals surface area contributed by atoms with Crippen LogP contribution in [0.5, 0.6) is 5.75 Å². The molecule has 2 aromatic carbocycles. The Labute approximate surface area is 113 Å². The van der Waals surface area contributed by atoms with Gasteiger partial charge in [0.1, 0.15) is 5.75 Å². The largest absolute Gasteiger partial charge is 0.507 e. The second-order valence-corrected chi connectivity index (χ2v) is 4.97. The average Bonchev–Trinajstić information content (AvgIpc) is 2.41. The van der Waals surface area contributed by atoms with Crippen LogP contribution >= 0.6 is 15.9 Å². The highest BCUT2D eigenvalue weighted by molar-refractivity contribution is 9.10. The molecule has 3 heteroatoms. The summed E-state index contributed by atoms with van der Waals surface area (Å²) in [4.78, 5) is 4.57. The molecule has 0 aliphatic carbocycles. The van der Waals surface area contributed by atoms with Crippen LogP contribution in [0.2, 0.25) is 0 Å². The fourth-order valence-electron chi connectivity index (χ4n) is 1.93. The van der Waals surface area contributed by atoms with E-state index in [1.54, 1.807) is 12.1 Å². The lowest BCUT2D eigenvalue weighted by Gasteiger charge is -2.06. The Bertz CT molecular complexity index is 725. The number of halogens is 1. The van der Waals surface area contributed by atoms with Gasteiger partial charge in [0.15, 0.2) is 0 Å². The number of phenolic OH excluding ortho intramolecular Hbond substituents is 1. The molecule has 0 spiro atoms. The van der Waals surface area contributed by atoms with Crippen LogP contribution in [0.25, 0.3) is 22.2 Å². The summed E-state index contributed by atoms with van der Waals surface area (Å²) in [5, 5.41) is 11.0. The fourth-order valence-corrected chi connectivity index (χ4v) is 2.29. The van der Waals surface area contributed by atoms with Crippen LogP contribution < -0.4 is 0 Å². The third-order valence-corrected chi connectivity index (χ3v) is 3.33. The molecule has 18 heavy (non-hydrogen) atoms. The molecule has 2 nitrogen and oxygen atoms in total. The number of para-hydroxylation sites is 1. The molecule has 1 heterocycles. The third-order valence-electron chi connectivity index (χ3n) is 2.83. The fraction of sp³-hybridized carbons (Fsp3) is 0. The van der Waals surface area contributed by atoms with Gasteiger partial charge in [0, 0.05) is 15.4 Å². The topological polar surface area (TPSA) is 33.1 Å². The van der Waals surface area contributed by atoms with Crippen molar-refractivity contribution >= 4 is 26.8 Å². The predicted octanol–water partition coefficient (Wildman–Crippen LogP) is 4.37. The lowest BCUT2D eigenvalue weighted by molar-refractivity contribution is 0.477. The highest BCUT2D eigenvalue weighted by Gasteiger charge is 2.07. The highest BCUT2D eigenvalue weighted by Crippen LogP contribution is 2.31. The van der Waals surface area contributed by atoms with Gasteiger partial charge in [-0.15, -0.1) is 0 Å². The second-order valence-electron chi connectivity index (χ2n) is 4.05. The zero-order chi connectivity index (χ0) is 12.5. The van der Waals surface area contributed by atoms with E-state index in [0.29, 0.717) is 0 Å². The van der Waals surface area contributed by atoms with Gasteiger partial charge < -0.3 is 5.11 Å². The van der Waals surface area contributed by atoms with Gasteiger partial charge >= 0.3 is 0 Å². The molecule has 0 fully saturated rings. The van der Waals surface area contributed by atoms with Gasteiger partial charge in [-0.3, -0.25) is 0 Å². The second kappa shape index (κ2) is 4.42. The van der Waals surface area contributed by atoms with Crippen molar-refractivity contribution in [2.75, 3.05) is 0 Å². The van der Waals surface area contributed by atoms with Crippen LogP contribution in [0.4, 0.5) is 0 Å².